The van der Waals surface area contributed by atoms with Crippen LogP contribution in [0.15, 0.2) is 48.7 Å². The van der Waals surface area contributed by atoms with Crippen LogP contribution in [0.3, 0.4) is 0 Å². The van der Waals surface area contributed by atoms with E-state index >= 15 is 0 Å². The van der Waals surface area contributed by atoms with Crippen molar-refractivity contribution in [3.05, 3.63) is 59.9 Å². The van der Waals surface area contributed by atoms with Crippen LogP contribution in [0.1, 0.15) is 16.1 Å². The molecule has 1 heterocycles. The molecular formula is C15H13NO5. The molecule has 0 fully saturated rings. The lowest BCUT2D eigenvalue weighted by Gasteiger charge is -2.23. The predicted octanol–water partition coefficient (Wildman–Crippen LogP) is 1.60. The fourth-order valence-electron chi connectivity index (χ4n) is 2.12. The Labute approximate surface area is 120 Å². The van der Waals surface area contributed by atoms with Crippen molar-refractivity contribution in [1.29, 1.82) is 0 Å². The molecule has 0 radical (unpaired) electrons. The highest BCUT2D eigenvalue weighted by atomic mass is 16.4. The summed E-state index contributed by atoms with van der Waals surface area (Å²) >= 11 is 0. The molecule has 0 aliphatic rings. The van der Waals surface area contributed by atoms with Crippen LogP contribution in [-0.4, -0.2) is 32.9 Å². The summed E-state index contributed by atoms with van der Waals surface area (Å²) in [4.78, 5) is 38.2. The molecule has 0 unspecified atom stereocenters. The third-order valence-electron chi connectivity index (χ3n) is 3.27. The van der Waals surface area contributed by atoms with Gasteiger partial charge in [-0.1, -0.05) is 30.3 Å². The van der Waals surface area contributed by atoms with E-state index in [2.05, 4.69) is 4.98 Å². The molecule has 0 amide bonds. The summed E-state index contributed by atoms with van der Waals surface area (Å²) in [6.07, 6.45) is 1.01. The molecule has 2 aromatic rings. The summed E-state index contributed by atoms with van der Waals surface area (Å²) in [7, 11) is 0. The van der Waals surface area contributed by atoms with E-state index in [1.807, 2.05) is 0 Å². The van der Waals surface area contributed by atoms with Crippen LogP contribution >= 0.6 is 0 Å². The summed E-state index contributed by atoms with van der Waals surface area (Å²) in [5.74, 6) is -4.34. The Morgan fingerprint density at radius 2 is 1.57 bits per heavy atom. The first-order valence-corrected chi connectivity index (χ1v) is 6.17. The van der Waals surface area contributed by atoms with Gasteiger partial charge in [0.25, 0.3) is 0 Å². The SMILES string of the molecule is O=C(O)C(Cc1ccccc1)(C(=O)O)C(=O)c1ccc[nH]1. The maximum absolute atomic E-state index is 12.4. The molecule has 21 heavy (non-hydrogen) atoms. The number of benzene rings is 1. The van der Waals surface area contributed by atoms with Crippen molar-refractivity contribution >= 4 is 17.7 Å². The molecule has 0 aliphatic heterocycles. The van der Waals surface area contributed by atoms with Gasteiger partial charge in [-0.25, -0.2) is 0 Å². The average Bonchev–Trinajstić information content (AvgIpc) is 2.98. The van der Waals surface area contributed by atoms with Crippen LogP contribution in [-0.2, 0) is 16.0 Å². The maximum Gasteiger partial charge on any atom is 0.329 e. The number of Topliss-reactive ketones (excluding diaryl/α,β-unsaturated/α-hetero) is 1. The van der Waals surface area contributed by atoms with Crippen LogP contribution in [0.5, 0.6) is 0 Å². The molecule has 0 aliphatic carbocycles. The maximum atomic E-state index is 12.4. The number of H-pyrrole nitrogens is 1. The number of hydrogen-bond donors (Lipinski definition) is 3. The number of hydrogen-bond acceptors (Lipinski definition) is 3. The third-order valence-corrected chi connectivity index (χ3v) is 3.27. The molecule has 0 bridgehead atoms. The molecule has 1 aromatic heterocycles. The predicted molar refractivity (Wildman–Crippen MR) is 73.0 cm³/mol. The largest absolute Gasteiger partial charge is 0.480 e. The molecule has 108 valence electrons. The first-order chi connectivity index (χ1) is 9.98. The second kappa shape index (κ2) is 5.62. The van der Waals surface area contributed by atoms with E-state index in [0.717, 1.165) is 0 Å². The van der Waals surface area contributed by atoms with Gasteiger partial charge in [0, 0.05) is 12.6 Å². The first kappa shape index (κ1) is 14.5. The molecule has 0 spiro atoms. The zero-order valence-electron chi connectivity index (χ0n) is 10.9. The molecule has 0 saturated heterocycles. The number of rotatable bonds is 6. The molecular weight excluding hydrogens is 274 g/mol. The van der Waals surface area contributed by atoms with Crippen LogP contribution in [0.4, 0.5) is 0 Å². The van der Waals surface area contributed by atoms with E-state index in [0.29, 0.717) is 5.56 Å². The van der Waals surface area contributed by atoms with E-state index in [-0.39, 0.29) is 5.69 Å². The minimum Gasteiger partial charge on any atom is -0.480 e. The van der Waals surface area contributed by atoms with Crippen molar-refractivity contribution in [2.75, 3.05) is 0 Å². The Hall–Kier alpha value is -2.89. The van der Waals surface area contributed by atoms with Gasteiger partial charge >= 0.3 is 11.9 Å². The minimum absolute atomic E-state index is 0.0456. The van der Waals surface area contributed by atoms with Gasteiger partial charge in [0.1, 0.15) is 0 Å². The number of aliphatic carboxylic acids is 2. The van der Waals surface area contributed by atoms with Crippen molar-refractivity contribution in [3.63, 3.8) is 0 Å². The summed E-state index contributed by atoms with van der Waals surface area (Å²) < 4.78 is 0. The van der Waals surface area contributed by atoms with Gasteiger partial charge < -0.3 is 15.2 Å². The Balaban J connectivity index is 2.51. The van der Waals surface area contributed by atoms with Gasteiger partial charge in [0.15, 0.2) is 0 Å². The van der Waals surface area contributed by atoms with Gasteiger partial charge in [-0.15, -0.1) is 0 Å². The Bertz CT molecular complexity index is 647. The van der Waals surface area contributed by atoms with E-state index in [9.17, 15) is 24.6 Å². The van der Waals surface area contributed by atoms with Crippen molar-refractivity contribution in [3.8, 4) is 0 Å². The number of carbonyl (C=O) groups excluding carboxylic acids is 1. The monoisotopic (exact) mass is 287 g/mol. The number of ketones is 1. The summed E-state index contributed by atoms with van der Waals surface area (Å²) in [5, 5.41) is 18.8. The van der Waals surface area contributed by atoms with E-state index in [4.69, 9.17) is 0 Å². The van der Waals surface area contributed by atoms with Crippen molar-refractivity contribution in [1.82, 2.24) is 4.98 Å². The van der Waals surface area contributed by atoms with Crippen LogP contribution in [0.25, 0.3) is 0 Å². The number of aromatic amines is 1. The molecule has 6 heteroatoms. The quantitative estimate of drug-likeness (QED) is 0.552. The van der Waals surface area contributed by atoms with Gasteiger partial charge in [0.2, 0.25) is 11.2 Å². The second-order valence-corrected chi connectivity index (χ2v) is 4.59. The van der Waals surface area contributed by atoms with E-state index in [1.54, 1.807) is 30.3 Å². The van der Waals surface area contributed by atoms with Crippen molar-refractivity contribution < 1.29 is 24.6 Å². The van der Waals surface area contributed by atoms with Crippen molar-refractivity contribution in [2.45, 2.75) is 6.42 Å². The fraction of sp³-hybridized carbons (Fsp3) is 0.133. The van der Waals surface area contributed by atoms with Crippen LogP contribution < -0.4 is 0 Å². The number of aromatic nitrogens is 1. The topological polar surface area (TPSA) is 107 Å². The van der Waals surface area contributed by atoms with Gasteiger partial charge in [-0.2, -0.15) is 0 Å². The van der Waals surface area contributed by atoms with E-state index in [1.165, 1.54) is 18.3 Å². The lowest BCUT2D eigenvalue weighted by atomic mass is 9.76. The molecule has 2 rings (SSSR count). The van der Waals surface area contributed by atoms with Gasteiger partial charge in [-0.3, -0.25) is 14.4 Å². The average molecular weight is 287 g/mol. The second-order valence-electron chi connectivity index (χ2n) is 4.59. The molecule has 0 atom stereocenters. The summed E-state index contributed by atoms with van der Waals surface area (Å²) in [6, 6.07) is 11.1. The highest BCUT2D eigenvalue weighted by Gasteiger charge is 2.54. The van der Waals surface area contributed by atoms with Crippen LogP contribution in [0.2, 0.25) is 0 Å². The zero-order valence-corrected chi connectivity index (χ0v) is 10.9. The Morgan fingerprint density at radius 1 is 0.952 bits per heavy atom. The molecule has 0 saturated carbocycles. The van der Waals surface area contributed by atoms with E-state index < -0.39 is 29.6 Å². The number of nitrogens with one attached hydrogen (secondary N) is 1. The Morgan fingerprint density at radius 3 is 2.05 bits per heavy atom. The number of carboxylic acid groups (broad SMARTS) is 2. The highest BCUT2D eigenvalue weighted by molar-refractivity contribution is 6.24. The molecule has 6 nitrogen and oxygen atoms in total. The first-order valence-electron chi connectivity index (χ1n) is 6.17. The molecule has 3 N–H and O–H groups in total. The fourth-order valence-corrected chi connectivity index (χ4v) is 2.12. The molecule has 1 aromatic carbocycles. The normalized spacial score (nSPS) is 11.0. The van der Waals surface area contributed by atoms with Gasteiger partial charge in [0.05, 0.1) is 5.69 Å². The highest BCUT2D eigenvalue weighted by Crippen LogP contribution is 2.29. The smallest absolute Gasteiger partial charge is 0.329 e. The lowest BCUT2D eigenvalue weighted by Crippen LogP contribution is -2.48. The number of carbonyl (C=O) groups is 3. The van der Waals surface area contributed by atoms with Crippen LogP contribution in [0, 0.1) is 5.41 Å². The lowest BCUT2D eigenvalue weighted by molar-refractivity contribution is -0.160. The van der Waals surface area contributed by atoms with Crippen molar-refractivity contribution in [2.24, 2.45) is 5.41 Å². The third kappa shape index (κ3) is 2.55. The number of carboxylic acids is 2. The van der Waals surface area contributed by atoms with Gasteiger partial charge in [-0.05, 0) is 17.7 Å². The minimum atomic E-state index is -2.55. The summed E-state index contributed by atoms with van der Waals surface area (Å²) in [5.41, 5.74) is -2.13. The standard InChI is InChI=1S/C15H13NO5/c17-12(11-7-4-8-16-11)15(13(18)19,14(20)21)9-10-5-2-1-3-6-10/h1-8,16H,9H2,(H,18,19)(H,20,21). The Kier molecular flexibility index (Phi) is 3.89. The summed E-state index contributed by atoms with van der Waals surface area (Å²) in [6.45, 7) is 0. The zero-order chi connectivity index (χ0) is 15.5.